The average Bonchev–Trinajstić information content (AvgIpc) is 3.29. The number of aromatic nitrogens is 4. The number of nitriles is 1. The third kappa shape index (κ3) is 4.78. The van der Waals surface area contributed by atoms with E-state index in [9.17, 15) is 4.79 Å². The second kappa shape index (κ2) is 9.60. The molecule has 0 saturated carbocycles. The molecule has 164 valence electrons. The Bertz CT molecular complexity index is 1080. The zero-order valence-corrected chi connectivity index (χ0v) is 18.3. The molecule has 1 N–H and O–H groups in total. The van der Waals surface area contributed by atoms with Crippen LogP contribution in [0.25, 0.3) is 11.4 Å². The molecule has 8 nitrogen and oxygen atoms in total. The molecule has 1 saturated heterocycles. The fourth-order valence-electron chi connectivity index (χ4n) is 4.04. The van der Waals surface area contributed by atoms with Crippen LogP contribution in [0.5, 0.6) is 0 Å². The van der Waals surface area contributed by atoms with E-state index < -0.39 is 6.04 Å². The van der Waals surface area contributed by atoms with Crippen molar-refractivity contribution in [1.82, 2.24) is 25.5 Å². The minimum absolute atomic E-state index is 0.0200. The van der Waals surface area contributed by atoms with Crippen molar-refractivity contribution in [3.63, 3.8) is 0 Å². The van der Waals surface area contributed by atoms with Gasteiger partial charge in [0.1, 0.15) is 0 Å². The Morgan fingerprint density at radius 2 is 1.78 bits per heavy atom. The predicted octanol–water partition coefficient (Wildman–Crippen LogP) is 3.19. The third-order valence-corrected chi connectivity index (χ3v) is 5.81. The van der Waals surface area contributed by atoms with E-state index in [0.717, 1.165) is 37.2 Å². The van der Waals surface area contributed by atoms with Gasteiger partial charge in [-0.2, -0.15) is 10.1 Å². The van der Waals surface area contributed by atoms with Gasteiger partial charge in [0.05, 0.1) is 11.6 Å². The van der Waals surface area contributed by atoms with Crippen molar-refractivity contribution in [2.75, 3.05) is 18.0 Å². The monoisotopic (exact) mass is 429 g/mol. The smallest absolute Gasteiger partial charge is 0.247 e. The van der Waals surface area contributed by atoms with E-state index in [0.29, 0.717) is 11.4 Å². The second-order valence-corrected chi connectivity index (χ2v) is 8.42. The zero-order valence-electron chi connectivity index (χ0n) is 18.3. The average molecular weight is 430 g/mol. The van der Waals surface area contributed by atoms with Crippen LogP contribution in [0.4, 0.5) is 5.69 Å². The molecule has 1 aliphatic heterocycles. The number of tetrazole rings is 1. The molecule has 1 fully saturated rings. The first-order valence-corrected chi connectivity index (χ1v) is 11.0. The number of hydrogen-bond acceptors (Lipinski definition) is 6. The van der Waals surface area contributed by atoms with Gasteiger partial charge in [0.15, 0.2) is 6.04 Å². The van der Waals surface area contributed by atoms with Crippen LogP contribution in [-0.2, 0) is 4.79 Å². The lowest BCUT2D eigenvalue weighted by Crippen LogP contribution is -2.47. The Morgan fingerprint density at radius 1 is 1.09 bits per heavy atom. The lowest BCUT2D eigenvalue weighted by molar-refractivity contribution is -0.127. The summed E-state index contributed by atoms with van der Waals surface area (Å²) in [4.78, 5) is 16.9. The lowest BCUT2D eigenvalue weighted by Gasteiger charge is -2.34. The van der Waals surface area contributed by atoms with E-state index in [-0.39, 0.29) is 17.9 Å². The van der Waals surface area contributed by atoms with Crippen LogP contribution in [0.2, 0.25) is 0 Å². The Balaban J connectivity index is 1.38. The number of nitrogens with one attached hydrogen (secondary N) is 1. The van der Waals surface area contributed by atoms with Crippen molar-refractivity contribution in [2.45, 2.75) is 38.8 Å². The second-order valence-electron chi connectivity index (χ2n) is 8.42. The van der Waals surface area contributed by atoms with Crippen LogP contribution in [0, 0.1) is 17.2 Å². The summed E-state index contributed by atoms with van der Waals surface area (Å²) in [5.41, 5.74) is 2.64. The Kier molecular flexibility index (Phi) is 6.45. The summed E-state index contributed by atoms with van der Waals surface area (Å²) in [6.45, 7) is 5.68. The SMILES string of the molecule is CC(C)C(C(=O)NC1CCN(c2ccc(C#N)cc2)CC1)n1nnc(-c2ccccc2)n1. The molecule has 0 aliphatic carbocycles. The van der Waals surface area contributed by atoms with Crippen molar-refractivity contribution >= 4 is 11.6 Å². The Hall–Kier alpha value is -3.73. The largest absolute Gasteiger partial charge is 0.371 e. The summed E-state index contributed by atoms with van der Waals surface area (Å²) in [7, 11) is 0. The van der Waals surface area contributed by atoms with Crippen LogP contribution < -0.4 is 10.2 Å². The highest BCUT2D eigenvalue weighted by Gasteiger charge is 2.30. The van der Waals surface area contributed by atoms with Gasteiger partial charge in [-0.1, -0.05) is 44.2 Å². The maximum Gasteiger partial charge on any atom is 0.247 e. The van der Waals surface area contributed by atoms with Gasteiger partial charge in [-0.15, -0.1) is 10.2 Å². The van der Waals surface area contributed by atoms with Crippen LogP contribution in [0.1, 0.15) is 38.3 Å². The summed E-state index contributed by atoms with van der Waals surface area (Å²) < 4.78 is 0. The van der Waals surface area contributed by atoms with E-state index in [4.69, 9.17) is 5.26 Å². The molecule has 2 heterocycles. The van der Waals surface area contributed by atoms with E-state index in [2.05, 4.69) is 31.7 Å². The molecule has 1 atom stereocenters. The standard InChI is InChI=1S/C24H27N7O/c1-17(2)22(31-28-23(27-29-31)19-6-4-3-5-7-19)24(32)26-20-12-14-30(15-13-20)21-10-8-18(16-25)9-11-21/h3-11,17,20,22H,12-15H2,1-2H3,(H,26,32). The molecule has 32 heavy (non-hydrogen) atoms. The maximum absolute atomic E-state index is 13.1. The summed E-state index contributed by atoms with van der Waals surface area (Å²) in [6, 6.07) is 19.0. The first kappa shape index (κ1) is 21.5. The van der Waals surface area contributed by atoms with Crippen LogP contribution in [-0.4, -0.2) is 45.2 Å². The normalized spacial score (nSPS) is 15.4. The molecule has 1 aromatic heterocycles. The molecule has 1 aliphatic rings. The zero-order chi connectivity index (χ0) is 22.5. The number of piperidine rings is 1. The van der Waals surface area contributed by atoms with Gasteiger partial charge in [0.25, 0.3) is 0 Å². The molecule has 0 bridgehead atoms. The maximum atomic E-state index is 13.1. The highest BCUT2D eigenvalue weighted by atomic mass is 16.2. The number of benzene rings is 2. The number of nitrogens with zero attached hydrogens (tertiary/aromatic N) is 6. The molecule has 1 unspecified atom stereocenters. The third-order valence-electron chi connectivity index (χ3n) is 5.81. The topological polar surface area (TPSA) is 99.7 Å². The van der Waals surface area contributed by atoms with Crippen molar-refractivity contribution < 1.29 is 4.79 Å². The Labute approximate surface area is 187 Å². The number of carbonyl (C=O) groups is 1. The highest BCUT2D eigenvalue weighted by Crippen LogP contribution is 2.23. The van der Waals surface area contributed by atoms with E-state index >= 15 is 0 Å². The first-order valence-electron chi connectivity index (χ1n) is 11.0. The number of rotatable bonds is 6. The van der Waals surface area contributed by atoms with Gasteiger partial charge in [-0.25, -0.2) is 0 Å². The fraction of sp³-hybridized carbons (Fsp3) is 0.375. The molecule has 0 spiro atoms. The van der Waals surface area contributed by atoms with E-state index in [1.165, 1.54) is 4.80 Å². The van der Waals surface area contributed by atoms with Crippen molar-refractivity contribution in [3.05, 3.63) is 60.2 Å². The summed E-state index contributed by atoms with van der Waals surface area (Å²) in [5.74, 6) is 0.458. The van der Waals surface area contributed by atoms with Gasteiger partial charge in [-0.3, -0.25) is 4.79 Å². The van der Waals surface area contributed by atoms with Crippen LogP contribution >= 0.6 is 0 Å². The molecule has 1 amide bonds. The molecule has 4 rings (SSSR count). The number of anilines is 1. The summed E-state index contributed by atoms with van der Waals surface area (Å²) in [6.07, 6.45) is 1.72. The summed E-state index contributed by atoms with van der Waals surface area (Å²) >= 11 is 0. The number of carbonyl (C=O) groups excluding carboxylic acids is 1. The molecule has 0 radical (unpaired) electrons. The summed E-state index contributed by atoms with van der Waals surface area (Å²) in [5, 5.41) is 25.0. The highest BCUT2D eigenvalue weighted by molar-refractivity contribution is 5.80. The van der Waals surface area contributed by atoms with Crippen molar-refractivity contribution in [3.8, 4) is 17.5 Å². The van der Waals surface area contributed by atoms with E-state index in [1.807, 2.05) is 68.4 Å². The number of amides is 1. The quantitative estimate of drug-likeness (QED) is 0.646. The molecule has 8 heteroatoms. The fourth-order valence-corrected chi connectivity index (χ4v) is 4.04. The number of hydrogen-bond donors (Lipinski definition) is 1. The molecular weight excluding hydrogens is 402 g/mol. The van der Waals surface area contributed by atoms with E-state index in [1.54, 1.807) is 0 Å². The minimum Gasteiger partial charge on any atom is -0.371 e. The van der Waals surface area contributed by atoms with Crippen LogP contribution in [0.15, 0.2) is 54.6 Å². The minimum atomic E-state index is -0.517. The first-order chi connectivity index (χ1) is 15.5. The predicted molar refractivity (Wildman–Crippen MR) is 122 cm³/mol. The van der Waals surface area contributed by atoms with Crippen molar-refractivity contribution in [2.24, 2.45) is 5.92 Å². The van der Waals surface area contributed by atoms with Gasteiger partial charge in [0, 0.05) is 30.4 Å². The molecular formula is C24H27N7O. The van der Waals surface area contributed by atoms with Gasteiger partial charge >= 0.3 is 0 Å². The van der Waals surface area contributed by atoms with Gasteiger partial charge < -0.3 is 10.2 Å². The van der Waals surface area contributed by atoms with Crippen molar-refractivity contribution in [1.29, 1.82) is 5.26 Å². The lowest BCUT2D eigenvalue weighted by atomic mass is 10.0. The van der Waals surface area contributed by atoms with Crippen LogP contribution in [0.3, 0.4) is 0 Å². The van der Waals surface area contributed by atoms with Gasteiger partial charge in [-0.05, 0) is 48.2 Å². The molecule has 2 aromatic carbocycles. The Morgan fingerprint density at radius 3 is 2.41 bits per heavy atom. The van der Waals surface area contributed by atoms with Gasteiger partial charge in [0.2, 0.25) is 11.7 Å². The molecule has 3 aromatic rings.